The van der Waals surface area contributed by atoms with Gasteiger partial charge in [-0.15, -0.1) is 0 Å². The van der Waals surface area contributed by atoms with Crippen LogP contribution in [0, 0.1) is 20.8 Å². The maximum absolute atomic E-state index is 12.5. The number of carbonyl (C=O) groups is 1. The molecule has 0 spiro atoms. The molecule has 6 nitrogen and oxygen atoms in total. The number of aryl methyl sites for hydroxylation is 3. The van der Waals surface area contributed by atoms with E-state index in [0.717, 1.165) is 44.1 Å². The van der Waals surface area contributed by atoms with Crippen molar-refractivity contribution >= 4 is 27.5 Å². The van der Waals surface area contributed by atoms with E-state index in [1.54, 1.807) is 7.11 Å². The average Bonchev–Trinajstić information content (AvgIpc) is 3.01. The minimum atomic E-state index is -0.0914. The normalized spacial score (nSPS) is 12.2. The van der Waals surface area contributed by atoms with Crippen LogP contribution in [0.15, 0.2) is 28.7 Å². The molecule has 1 atom stereocenters. The van der Waals surface area contributed by atoms with Crippen LogP contribution in [0.4, 0.5) is 0 Å². The quantitative estimate of drug-likeness (QED) is 0.617. The van der Waals surface area contributed by atoms with Gasteiger partial charge in [-0.1, -0.05) is 6.07 Å². The van der Waals surface area contributed by atoms with Gasteiger partial charge in [0.05, 0.1) is 23.3 Å². The van der Waals surface area contributed by atoms with Gasteiger partial charge in [0.2, 0.25) is 5.91 Å². The fourth-order valence-electron chi connectivity index (χ4n) is 3.39. The summed E-state index contributed by atoms with van der Waals surface area (Å²) in [5.41, 5.74) is 5.86. The van der Waals surface area contributed by atoms with Crippen molar-refractivity contribution in [1.82, 2.24) is 19.9 Å². The zero-order valence-corrected chi connectivity index (χ0v) is 18.4. The number of amides is 1. The molecule has 0 aliphatic rings. The standard InChI is InChI=1S/C21H25BrN4O2/c1-12-10-20-23-14(3)17(15(4)26(20)25-12)7-9-21(27)24-13(2)16-6-8-19(28-5)18(22)11-16/h6,8,10-11,13H,7,9H2,1-5H3,(H,24,27). The van der Waals surface area contributed by atoms with Crippen molar-refractivity contribution in [1.29, 1.82) is 0 Å². The first-order chi connectivity index (χ1) is 13.3. The minimum Gasteiger partial charge on any atom is -0.496 e. The monoisotopic (exact) mass is 444 g/mol. The smallest absolute Gasteiger partial charge is 0.220 e. The Bertz CT molecular complexity index is 1030. The van der Waals surface area contributed by atoms with E-state index in [9.17, 15) is 4.79 Å². The zero-order chi connectivity index (χ0) is 20.4. The number of fused-ring (bicyclic) bond motifs is 1. The second-order valence-corrected chi connectivity index (χ2v) is 7.85. The number of hydrogen-bond acceptors (Lipinski definition) is 4. The molecule has 7 heteroatoms. The fraction of sp³-hybridized carbons (Fsp3) is 0.381. The van der Waals surface area contributed by atoms with Crippen LogP contribution in [0.5, 0.6) is 5.75 Å². The number of hydrogen-bond donors (Lipinski definition) is 1. The van der Waals surface area contributed by atoms with Gasteiger partial charge in [0, 0.05) is 23.9 Å². The maximum atomic E-state index is 12.5. The van der Waals surface area contributed by atoms with E-state index in [-0.39, 0.29) is 11.9 Å². The number of nitrogens with zero attached hydrogens (tertiary/aromatic N) is 3. The molecule has 28 heavy (non-hydrogen) atoms. The van der Waals surface area contributed by atoms with Crippen molar-refractivity contribution in [3.8, 4) is 5.75 Å². The summed E-state index contributed by atoms with van der Waals surface area (Å²) < 4.78 is 7.98. The molecule has 3 rings (SSSR count). The summed E-state index contributed by atoms with van der Waals surface area (Å²) in [6.07, 6.45) is 1.03. The molecule has 0 saturated heterocycles. The Balaban J connectivity index is 1.67. The molecular formula is C21H25BrN4O2. The molecule has 0 aliphatic carbocycles. The van der Waals surface area contributed by atoms with Crippen LogP contribution in [0.1, 0.15) is 47.6 Å². The third-order valence-electron chi connectivity index (χ3n) is 4.94. The van der Waals surface area contributed by atoms with Crippen LogP contribution in [0.25, 0.3) is 5.65 Å². The topological polar surface area (TPSA) is 68.5 Å². The number of halogens is 1. The van der Waals surface area contributed by atoms with Gasteiger partial charge in [-0.05, 0) is 73.3 Å². The highest BCUT2D eigenvalue weighted by atomic mass is 79.9. The van der Waals surface area contributed by atoms with Crippen LogP contribution in [-0.2, 0) is 11.2 Å². The Labute approximate surface area is 173 Å². The molecule has 0 fully saturated rings. The van der Waals surface area contributed by atoms with Gasteiger partial charge in [0.1, 0.15) is 5.75 Å². The number of carbonyl (C=O) groups excluding carboxylic acids is 1. The molecule has 1 aromatic carbocycles. The van der Waals surface area contributed by atoms with Crippen molar-refractivity contribution in [2.24, 2.45) is 0 Å². The summed E-state index contributed by atoms with van der Waals surface area (Å²) in [4.78, 5) is 17.1. The predicted molar refractivity (Wildman–Crippen MR) is 113 cm³/mol. The fourth-order valence-corrected chi connectivity index (χ4v) is 3.95. The van der Waals surface area contributed by atoms with Gasteiger partial charge in [-0.3, -0.25) is 4.79 Å². The molecule has 0 aliphatic heterocycles. The summed E-state index contributed by atoms with van der Waals surface area (Å²) in [5, 5.41) is 7.56. The van der Waals surface area contributed by atoms with Crippen molar-refractivity contribution in [2.45, 2.75) is 46.6 Å². The van der Waals surface area contributed by atoms with Crippen LogP contribution in [-0.4, -0.2) is 27.6 Å². The van der Waals surface area contributed by atoms with E-state index in [4.69, 9.17) is 4.74 Å². The Morgan fingerprint density at radius 3 is 2.71 bits per heavy atom. The number of aromatic nitrogens is 3. The lowest BCUT2D eigenvalue weighted by Gasteiger charge is -2.16. The molecule has 0 radical (unpaired) electrons. The van der Waals surface area contributed by atoms with Crippen molar-refractivity contribution in [2.75, 3.05) is 7.11 Å². The van der Waals surface area contributed by atoms with Gasteiger partial charge in [-0.25, -0.2) is 9.50 Å². The van der Waals surface area contributed by atoms with E-state index in [1.165, 1.54) is 0 Å². The average molecular weight is 445 g/mol. The third kappa shape index (κ3) is 4.19. The van der Waals surface area contributed by atoms with E-state index in [0.29, 0.717) is 12.8 Å². The predicted octanol–water partition coefficient (Wildman–Crippen LogP) is 4.24. The second-order valence-electron chi connectivity index (χ2n) is 7.00. The Kier molecular flexibility index (Phi) is 6.03. The molecular weight excluding hydrogens is 420 g/mol. The number of benzene rings is 1. The molecule has 1 unspecified atom stereocenters. The van der Waals surface area contributed by atoms with Gasteiger partial charge in [0.25, 0.3) is 0 Å². The molecule has 3 aromatic rings. The van der Waals surface area contributed by atoms with Crippen LogP contribution < -0.4 is 10.1 Å². The number of rotatable bonds is 6. The second kappa shape index (κ2) is 8.31. The largest absolute Gasteiger partial charge is 0.496 e. The lowest BCUT2D eigenvalue weighted by atomic mass is 10.1. The van der Waals surface area contributed by atoms with Crippen molar-refractivity contribution in [3.63, 3.8) is 0 Å². The SMILES string of the molecule is COc1ccc(C(C)NC(=O)CCc2c(C)nc3cc(C)nn3c2C)cc1Br. The summed E-state index contributed by atoms with van der Waals surface area (Å²) >= 11 is 3.49. The lowest BCUT2D eigenvalue weighted by Crippen LogP contribution is -2.27. The van der Waals surface area contributed by atoms with Gasteiger partial charge < -0.3 is 10.1 Å². The highest BCUT2D eigenvalue weighted by molar-refractivity contribution is 9.10. The minimum absolute atomic E-state index is 0.00924. The highest BCUT2D eigenvalue weighted by Gasteiger charge is 2.15. The summed E-state index contributed by atoms with van der Waals surface area (Å²) in [6, 6.07) is 7.69. The lowest BCUT2D eigenvalue weighted by molar-refractivity contribution is -0.121. The number of nitrogens with one attached hydrogen (secondary N) is 1. The van der Waals surface area contributed by atoms with Gasteiger partial charge in [-0.2, -0.15) is 5.10 Å². The van der Waals surface area contributed by atoms with Crippen molar-refractivity contribution < 1.29 is 9.53 Å². The van der Waals surface area contributed by atoms with E-state index in [1.807, 2.05) is 56.5 Å². The van der Waals surface area contributed by atoms with Crippen LogP contribution >= 0.6 is 15.9 Å². The molecule has 1 N–H and O–H groups in total. The van der Waals surface area contributed by atoms with Gasteiger partial charge >= 0.3 is 0 Å². The third-order valence-corrected chi connectivity index (χ3v) is 5.56. The summed E-state index contributed by atoms with van der Waals surface area (Å²) in [5.74, 6) is 0.778. The molecule has 1 amide bonds. The van der Waals surface area contributed by atoms with Crippen LogP contribution in [0.2, 0.25) is 0 Å². The molecule has 0 saturated carbocycles. The summed E-state index contributed by atoms with van der Waals surface area (Å²) in [6.45, 7) is 7.94. The Hall–Kier alpha value is -2.41. The molecule has 2 aromatic heterocycles. The molecule has 2 heterocycles. The zero-order valence-electron chi connectivity index (χ0n) is 16.8. The first-order valence-electron chi connectivity index (χ1n) is 9.25. The maximum Gasteiger partial charge on any atom is 0.220 e. The number of ether oxygens (including phenoxy) is 1. The first-order valence-corrected chi connectivity index (χ1v) is 10.0. The Morgan fingerprint density at radius 1 is 1.29 bits per heavy atom. The van der Waals surface area contributed by atoms with Gasteiger partial charge in [0.15, 0.2) is 5.65 Å². The Morgan fingerprint density at radius 2 is 2.04 bits per heavy atom. The van der Waals surface area contributed by atoms with E-state index < -0.39 is 0 Å². The molecule has 148 valence electrons. The first kappa shape index (κ1) is 20.3. The highest BCUT2D eigenvalue weighted by Crippen LogP contribution is 2.28. The van der Waals surface area contributed by atoms with E-state index >= 15 is 0 Å². The van der Waals surface area contributed by atoms with E-state index in [2.05, 4.69) is 31.3 Å². The number of methoxy groups -OCH3 is 1. The van der Waals surface area contributed by atoms with Crippen molar-refractivity contribution in [3.05, 3.63) is 56.9 Å². The van der Waals surface area contributed by atoms with Crippen LogP contribution in [0.3, 0.4) is 0 Å². The summed E-state index contributed by atoms with van der Waals surface area (Å²) in [7, 11) is 1.63. The molecule has 0 bridgehead atoms.